The largest absolute Gasteiger partial charge is 0.389 e. The monoisotopic (exact) mass is 282 g/mol. The van der Waals surface area contributed by atoms with Gasteiger partial charge in [0.05, 0.1) is 18.5 Å². The number of thiocarbonyl (C=S) groups is 1. The molecular formula is C12H18N4O2S. The molecule has 0 unspecified atom stereocenters. The van der Waals surface area contributed by atoms with Gasteiger partial charge in [-0.05, 0) is 6.07 Å². The maximum absolute atomic E-state index is 11.5. The number of nitrogens with zero attached hydrogens (tertiary/aromatic N) is 1. The standard InChI is InChI=1S/C12H18N4O2S/c1-18-7-6-16-11(17)3-5-15-10-8-14-4-2-9(10)12(13)19/h2,4,8,15H,3,5-7H2,1H3,(H2,13,19)(H,16,17). The first-order valence-corrected chi connectivity index (χ1v) is 6.29. The Labute approximate surface area is 117 Å². The average Bonchev–Trinajstić information content (AvgIpc) is 2.39. The van der Waals surface area contributed by atoms with Crippen LogP contribution in [0.5, 0.6) is 0 Å². The van der Waals surface area contributed by atoms with E-state index in [0.29, 0.717) is 31.1 Å². The number of anilines is 1. The van der Waals surface area contributed by atoms with Crippen molar-refractivity contribution < 1.29 is 9.53 Å². The molecule has 0 atom stereocenters. The molecule has 0 fully saturated rings. The first kappa shape index (κ1) is 15.3. The van der Waals surface area contributed by atoms with Gasteiger partial charge in [0.15, 0.2) is 0 Å². The van der Waals surface area contributed by atoms with Crippen molar-refractivity contribution >= 4 is 28.8 Å². The van der Waals surface area contributed by atoms with Crippen LogP contribution < -0.4 is 16.4 Å². The number of pyridine rings is 1. The van der Waals surface area contributed by atoms with Crippen molar-refractivity contribution in [3.63, 3.8) is 0 Å². The number of nitrogens with one attached hydrogen (secondary N) is 2. The van der Waals surface area contributed by atoms with Gasteiger partial charge in [-0.15, -0.1) is 0 Å². The third-order valence-electron chi connectivity index (χ3n) is 2.38. The molecular weight excluding hydrogens is 264 g/mol. The van der Waals surface area contributed by atoms with Crippen molar-refractivity contribution in [3.8, 4) is 0 Å². The Balaban J connectivity index is 2.37. The molecule has 0 aliphatic rings. The second kappa shape index (κ2) is 8.39. The maximum atomic E-state index is 11.5. The number of amides is 1. The number of hydrogen-bond acceptors (Lipinski definition) is 5. The molecule has 1 heterocycles. The van der Waals surface area contributed by atoms with Crippen LogP contribution in [-0.4, -0.2) is 42.7 Å². The summed E-state index contributed by atoms with van der Waals surface area (Å²) in [5.41, 5.74) is 7.06. The summed E-state index contributed by atoms with van der Waals surface area (Å²) in [4.78, 5) is 15.7. The summed E-state index contributed by atoms with van der Waals surface area (Å²) >= 11 is 4.94. The van der Waals surface area contributed by atoms with Crippen molar-refractivity contribution in [2.24, 2.45) is 5.73 Å². The maximum Gasteiger partial charge on any atom is 0.221 e. The molecule has 1 rings (SSSR count). The fourth-order valence-electron chi connectivity index (χ4n) is 1.44. The Kier molecular flexibility index (Phi) is 6.76. The summed E-state index contributed by atoms with van der Waals surface area (Å²) in [5.74, 6) is -0.0367. The molecule has 1 aromatic heterocycles. The smallest absolute Gasteiger partial charge is 0.221 e. The van der Waals surface area contributed by atoms with E-state index in [2.05, 4.69) is 15.6 Å². The van der Waals surface area contributed by atoms with E-state index < -0.39 is 0 Å². The van der Waals surface area contributed by atoms with E-state index in [0.717, 1.165) is 11.3 Å². The lowest BCUT2D eigenvalue weighted by Crippen LogP contribution is -2.28. The van der Waals surface area contributed by atoms with E-state index in [1.807, 2.05) is 0 Å². The molecule has 4 N–H and O–H groups in total. The highest BCUT2D eigenvalue weighted by atomic mass is 32.1. The van der Waals surface area contributed by atoms with E-state index in [9.17, 15) is 4.79 Å². The zero-order chi connectivity index (χ0) is 14.1. The number of nitrogens with two attached hydrogens (primary N) is 1. The Morgan fingerprint density at radius 1 is 1.53 bits per heavy atom. The van der Waals surface area contributed by atoms with Crippen LogP contribution in [0.4, 0.5) is 5.69 Å². The minimum atomic E-state index is -0.0367. The highest BCUT2D eigenvalue weighted by Crippen LogP contribution is 2.12. The van der Waals surface area contributed by atoms with Gasteiger partial charge in [0.2, 0.25) is 5.91 Å². The molecule has 7 heteroatoms. The number of carbonyl (C=O) groups excluding carboxylic acids is 1. The molecule has 0 radical (unpaired) electrons. The molecule has 1 amide bonds. The number of aromatic nitrogens is 1. The molecule has 0 aromatic carbocycles. The Morgan fingerprint density at radius 3 is 3.00 bits per heavy atom. The van der Waals surface area contributed by atoms with Crippen molar-refractivity contribution in [1.82, 2.24) is 10.3 Å². The van der Waals surface area contributed by atoms with Crippen molar-refractivity contribution in [2.45, 2.75) is 6.42 Å². The summed E-state index contributed by atoms with van der Waals surface area (Å²) in [7, 11) is 1.59. The van der Waals surface area contributed by atoms with E-state index in [-0.39, 0.29) is 5.91 Å². The minimum Gasteiger partial charge on any atom is -0.389 e. The number of ether oxygens (including phenoxy) is 1. The fourth-order valence-corrected chi connectivity index (χ4v) is 1.62. The Bertz CT molecular complexity index is 439. The predicted molar refractivity (Wildman–Crippen MR) is 78.1 cm³/mol. The summed E-state index contributed by atoms with van der Waals surface area (Å²) in [6, 6.07) is 1.74. The lowest BCUT2D eigenvalue weighted by atomic mass is 10.2. The van der Waals surface area contributed by atoms with E-state index in [1.54, 1.807) is 25.6 Å². The molecule has 1 aromatic rings. The first-order chi connectivity index (χ1) is 9.15. The van der Waals surface area contributed by atoms with Crippen molar-refractivity contribution in [1.29, 1.82) is 0 Å². The van der Waals surface area contributed by atoms with Crippen LogP contribution in [0.1, 0.15) is 12.0 Å². The van der Waals surface area contributed by atoms with E-state index in [4.69, 9.17) is 22.7 Å². The lowest BCUT2D eigenvalue weighted by molar-refractivity contribution is -0.121. The topological polar surface area (TPSA) is 89.3 Å². The third-order valence-corrected chi connectivity index (χ3v) is 2.60. The van der Waals surface area contributed by atoms with Crippen LogP contribution >= 0.6 is 12.2 Å². The number of rotatable bonds is 8. The Hall–Kier alpha value is -1.73. The van der Waals surface area contributed by atoms with Crippen LogP contribution in [0.15, 0.2) is 18.5 Å². The second-order valence-corrected chi connectivity index (χ2v) is 4.24. The molecule has 0 aliphatic carbocycles. The average molecular weight is 282 g/mol. The zero-order valence-corrected chi connectivity index (χ0v) is 11.6. The van der Waals surface area contributed by atoms with Gasteiger partial charge in [-0.1, -0.05) is 12.2 Å². The second-order valence-electron chi connectivity index (χ2n) is 3.81. The van der Waals surface area contributed by atoms with E-state index in [1.165, 1.54) is 0 Å². The van der Waals surface area contributed by atoms with Gasteiger partial charge in [-0.25, -0.2) is 0 Å². The molecule has 0 bridgehead atoms. The highest BCUT2D eigenvalue weighted by molar-refractivity contribution is 7.80. The van der Waals surface area contributed by atoms with Crippen LogP contribution in [0.25, 0.3) is 0 Å². The highest BCUT2D eigenvalue weighted by Gasteiger charge is 2.05. The third kappa shape index (κ3) is 5.62. The quantitative estimate of drug-likeness (QED) is 0.469. The van der Waals surface area contributed by atoms with Crippen LogP contribution in [0.3, 0.4) is 0 Å². The fraction of sp³-hybridized carbons (Fsp3) is 0.417. The summed E-state index contributed by atoms with van der Waals surface area (Å²) in [6.07, 6.45) is 3.61. The van der Waals surface area contributed by atoms with Gasteiger partial charge in [0.25, 0.3) is 0 Å². The molecule has 0 saturated carbocycles. The molecule has 6 nitrogen and oxygen atoms in total. The number of methoxy groups -OCH3 is 1. The molecule has 0 spiro atoms. The van der Waals surface area contributed by atoms with Gasteiger partial charge in [0.1, 0.15) is 4.99 Å². The minimum absolute atomic E-state index is 0.0367. The summed E-state index contributed by atoms with van der Waals surface area (Å²) < 4.78 is 4.84. The van der Waals surface area contributed by atoms with Gasteiger partial charge in [0, 0.05) is 38.4 Å². The summed E-state index contributed by atoms with van der Waals surface area (Å²) in [6.45, 7) is 1.51. The zero-order valence-electron chi connectivity index (χ0n) is 10.8. The van der Waals surface area contributed by atoms with Gasteiger partial charge in [-0.2, -0.15) is 0 Å². The number of carbonyl (C=O) groups is 1. The Morgan fingerprint density at radius 2 is 2.32 bits per heavy atom. The summed E-state index contributed by atoms with van der Waals surface area (Å²) in [5, 5.41) is 5.83. The van der Waals surface area contributed by atoms with E-state index >= 15 is 0 Å². The van der Waals surface area contributed by atoms with Gasteiger partial charge in [-0.3, -0.25) is 9.78 Å². The van der Waals surface area contributed by atoms with Crippen LogP contribution in [0, 0.1) is 0 Å². The van der Waals surface area contributed by atoms with Crippen LogP contribution in [-0.2, 0) is 9.53 Å². The van der Waals surface area contributed by atoms with Gasteiger partial charge >= 0.3 is 0 Å². The molecule has 104 valence electrons. The first-order valence-electron chi connectivity index (χ1n) is 5.88. The van der Waals surface area contributed by atoms with Crippen LogP contribution in [0.2, 0.25) is 0 Å². The molecule has 0 aliphatic heterocycles. The molecule has 0 saturated heterocycles. The lowest BCUT2D eigenvalue weighted by Gasteiger charge is -2.10. The van der Waals surface area contributed by atoms with Crippen molar-refractivity contribution in [3.05, 3.63) is 24.0 Å². The normalized spacial score (nSPS) is 9.95. The van der Waals surface area contributed by atoms with Gasteiger partial charge < -0.3 is 21.1 Å². The predicted octanol–water partition coefficient (Wildman–Crippen LogP) is 0.280. The van der Waals surface area contributed by atoms with Crippen molar-refractivity contribution in [2.75, 3.05) is 32.1 Å². The SMILES string of the molecule is COCCNC(=O)CCNc1cnccc1C(N)=S. The molecule has 19 heavy (non-hydrogen) atoms. The number of hydrogen-bond donors (Lipinski definition) is 3.